The molecule has 0 unspecified atom stereocenters. The van der Waals surface area contributed by atoms with E-state index in [-0.39, 0.29) is 4.90 Å². The average Bonchev–Trinajstić information content (AvgIpc) is 2.74. The molecule has 1 heterocycles. The SMILES string of the molecule is CNCc1n[nH]c(C)c1S(=O)(=O)Nc1ccccc1C. The molecule has 0 saturated heterocycles. The van der Waals surface area contributed by atoms with Gasteiger partial charge in [0.25, 0.3) is 10.0 Å². The largest absolute Gasteiger partial charge is 0.314 e. The number of anilines is 1. The van der Waals surface area contributed by atoms with Crippen LogP contribution in [-0.4, -0.2) is 25.7 Å². The number of nitrogens with one attached hydrogen (secondary N) is 3. The molecule has 20 heavy (non-hydrogen) atoms. The standard InChI is InChI=1S/C13H18N4O2S/c1-9-6-4-5-7-11(9)17-20(18,19)13-10(2)15-16-12(13)8-14-3/h4-7,14,17H,8H2,1-3H3,(H,15,16). The molecule has 0 amide bonds. The number of benzene rings is 1. The van der Waals surface area contributed by atoms with Gasteiger partial charge < -0.3 is 5.32 Å². The van der Waals surface area contributed by atoms with Gasteiger partial charge in [-0.25, -0.2) is 8.42 Å². The van der Waals surface area contributed by atoms with Gasteiger partial charge in [-0.2, -0.15) is 5.10 Å². The highest BCUT2D eigenvalue weighted by atomic mass is 32.2. The van der Waals surface area contributed by atoms with Crippen molar-refractivity contribution in [3.8, 4) is 0 Å². The summed E-state index contributed by atoms with van der Waals surface area (Å²) in [6.07, 6.45) is 0. The molecular weight excluding hydrogens is 276 g/mol. The van der Waals surface area contributed by atoms with Gasteiger partial charge in [0.05, 0.1) is 17.1 Å². The number of aromatic nitrogens is 2. The van der Waals surface area contributed by atoms with Crippen LogP contribution in [0, 0.1) is 13.8 Å². The summed E-state index contributed by atoms with van der Waals surface area (Å²) in [5.41, 5.74) is 2.44. The van der Waals surface area contributed by atoms with Crippen LogP contribution in [0.3, 0.4) is 0 Å². The molecule has 0 aliphatic rings. The fourth-order valence-corrected chi connectivity index (χ4v) is 3.49. The van der Waals surface area contributed by atoms with Crippen LogP contribution in [0.5, 0.6) is 0 Å². The number of H-pyrrole nitrogens is 1. The second-order valence-corrected chi connectivity index (χ2v) is 6.19. The second kappa shape index (κ2) is 5.64. The molecule has 0 aliphatic carbocycles. The van der Waals surface area contributed by atoms with Crippen LogP contribution in [0.4, 0.5) is 5.69 Å². The Balaban J connectivity index is 2.41. The van der Waals surface area contributed by atoms with Gasteiger partial charge in [0.15, 0.2) is 0 Å². The van der Waals surface area contributed by atoms with Gasteiger partial charge in [-0.15, -0.1) is 0 Å². The normalized spacial score (nSPS) is 11.6. The third-order valence-electron chi connectivity index (χ3n) is 2.96. The van der Waals surface area contributed by atoms with Gasteiger partial charge in [0, 0.05) is 6.54 Å². The lowest BCUT2D eigenvalue weighted by Gasteiger charge is -2.11. The first-order valence-electron chi connectivity index (χ1n) is 6.22. The molecule has 1 aromatic carbocycles. The van der Waals surface area contributed by atoms with E-state index in [0.29, 0.717) is 23.6 Å². The predicted molar refractivity (Wildman–Crippen MR) is 78.1 cm³/mol. The summed E-state index contributed by atoms with van der Waals surface area (Å²) >= 11 is 0. The number of hydrogen-bond donors (Lipinski definition) is 3. The molecule has 108 valence electrons. The smallest absolute Gasteiger partial charge is 0.265 e. The number of nitrogens with zero attached hydrogens (tertiary/aromatic N) is 1. The van der Waals surface area contributed by atoms with Crippen molar-refractivity contribution >= 4 is 15.7 Å². The Morgan fingerprint density at radius 3 is 2.60 bits per heavy atom. The first kappa shape index (κ1) is 14.5. The Morgan fingerprint density at radius 1 is 1.25 bits per heavy atom. The number of aromatic amines is 1. The summed E-state index contributed by atoms with van der Waals surface area (Å²) in [5.74, 6) is 0. The molecule has 0 saturated carbocycles. The molecule has 0 radical (unpaired) electrons. The van der Waals surface area contributed by atoms with Crippen molar-refractivity contribution < 1.29 is 8.42 Å². The molecule has 0 bridgehead atoms. The molecule has 0 aliphatic heterocycles. The Labute approximate surface area is 118 Å². The van der Waals surface area contributed by atoms with Crippen LogP contribution in [0.25, 0.3) is 0 Å². The topological polar surface area (TPSA) is 86.9 Å². The number of rotatable bonds is 5. The van der Waals surface area contributed by atoms with Gasteiger partial charge >= 0.3 is 0 Å². The Kier molecular flexibility index (Phi) is 4.10. The van der Waals surface area contributed by atoms with Crippen LogP contribution in [0.1, 0.15) is 17.0 Å². The minimum absolute atomic E-state index is 0.204. The zero-order valence-corrected chi connectivity index (χ0v) is 12.5. The van der Waals surface area contributed by atoms with Crippen LogP contribution < -0.4 is 10.0 Å². The Hall–Kier alpha value is -1.86. The van der Waals surface area contributed by atoms with Gasteiger partial charge in [-0.1, -0.05) is 18.2 Å². The van der Waals surface area contributed by atoms with Crippen molar-refractivity contribution in [2.45, 2.75) is 25.3 Å². The highest BCUT2D eigenvalue weighted by Gasteiger charge is 2.24. The summed E-state index contributed by atoms with van der Waals surface area (Å²) < 4.78 is 27.7. The van der Waals surface area contributed by atoms with Crippen molar-refractivity contribution in [3.05, 3.63) is 41.2 Å². The van der Waals surface area contributed by atoms with Crippen LogP contribution in [0.15, 0.2) is 29.2 Å². The average molecular weight is 294 g/mol. The number of sulfonamides is 1. The van der Waals surface area contributed by atoms with Crippen LogP contribution in [0.2, 0.25) is 0 Å². The molecule has 2 rings (SSSR count). The Bertz CT molecular complexity index is 707. The first-order valence-corrected chi connectivity index (χ1v) is 7.71. The van der Waals surface area contributed by atoms with E-state index in [0.717, 1.165) is 5.56 Å². The van der Waals surface area contributed by atoms with E-state index in [1.165, 1.54) is 0 Å². The third kappa shape index (κ3) is 2.83. The maximum atomic E-state index is 12.5. The lowest BCUT2D eigenvalue weighted by atomic mass is 10.2. The van der Waals surface area contributed by atoms with Crippen molar-refractivity contribution in [3.63, 3.8) is 0 Å². The van der Waals surface area contributed by atoms with E-state index < -0.39 is 10.0 Å². The van der Waals surface area contributed by atoms with Gasteiger partial charge in [0.2, 0.25) is 0 Å². The summed E-state index contributed by atoms with van der Waals surface area (Å²) in [6.45, 7) is 3.93. The zero-order chi connectivity index (χ0) is 14.8. The van der Waals surface area contributed by atoms with E-state index in [4.69, 9.17) is 0 Å². The van der Waals surface area contributed by atoms with Crippen molar-refractivity contribution in [2.24, 2.45) is 0 Å². The van der Waals surface area contributed by atoms with E-state index >= 15 is 0 Å². The molecule has 0 fully saturated rings. The highest BCUT2D eigenvalue weighted by molar-refractivity contribution is 7.92. The zero-order valence-electron chi connectivity index (χ0n) is 11.7. The molecule has 6 nitrogen and oxygen atoms in total. The summed E-state index contributed by atoms with van der Waals surface area (Å²) in [7, 11) is -1.91. The van der Waals surface area contributed by atoms with E-state index in [2.05, 4.69) is 20.2 Å². The van der Waals surface area contributed by atoms with Crippen molar-refractivity contribution in [1.82, 2.24) is 15.5 Å². The Morgan fingerprint density at radius 2 is 1.95 bits per heavy atom. The first-order chi connectivity index (χ1) is 9.45. The van der Waals surface area contributed by atoms with Gasteiger partial charge in [-0.05, 0) is 32.5 Å². The van der Waals surface area contributed by atoms with E-state index in [1.807, 2.05) is 19.1 Å². The van der Waals surface area contributed by atoms with Crippen LogP contribution >= 0.6 is 0 Å². The van der Waals surface area contributed by atoms with Crippen molar-refractivity contribution in [2.75, 3.05) is 11.8 Å². The molecule has 3 N–H and O–H groups in total. The van der Waals surface area contributed by atoms with Crippen molar-refractivity contribution in [1.29, 1.82) is 0 Å². The highest BCUT2D eigenvalue weighted by Crippen LogP contribution is 2.23. The number of aryl methyl sites for hydroxylation is 2. The molecule has 0 atom stereocenters. The maximum Gasteiger partial charge on any atom is 0.265 e. The summed E-state index contributed by atoms with van der Waals surface area (Å²) in [4.78, 5) is 0.204. The molecular formula is C13H18N4O2S. The lowest BCUT2D eigenvalue weighted by molar-refractivity contribution is 0.598. The molecule has 2 aromatic rings. The minimum Gasteiger partial charge on any atom is -0.314 e. The molecule has 1 aromatic heterocycles. The van der Waals surface area contributed by atoms with Crippen LogP contribution in [-0.2, 0) is 16.6 Å². The molecule has 0 spiro atoms. The fraction of sp³-hybridized carbons (Fsp3) is 0.308. The van der Waals surface area contributed by atoms with Gasteiger partial charge in [0.1, 0.15) is 4.90 Å². The third-order valence-corrected chi connectivity index (χ3v) is 4.53. The summed E-state index contributed by atoms with van der Waals surface area (Å²) in [6, 6.07) is 7.25. The number of para-hydroxylation sites is 1. The minimum atomic E-state index is -3.66. The van der Waals surface area contributed by atoms with E-state index in [9.17, 15) is 8.42 Å². The monoisotopic (exact) mass is 294 g/mol. The van der Waals surface area contributed by atoms with Gasteiger partial charge in [-0.3, -0.25) is 9.82 Å². The number of hydrogen-bond acceptors (Lipinski definition) is 4. The second-order valence-electron chi connectivity index (χ2n) is 4.58. The summed E-state index contributed by atoms with van der Waals surface area (Å²) in [5, 5.41) is 9.66. The lowest BCUT2D eigenvalue weighted by Crippen LogP contribution is -2.18. The predicted octanol–water partition coefficient (Wildman–Crippen LogP) is 1.55. The maximum absolute atomic E-state index is 12.5. The molecule has 7 heteroatoms. The quantitative estimate of drug-likeness (QED) is 0.781. The fourth-order valence-electron chi connectivity index (χ4n) is 2.00. The van der Waals surface area contributed by atoms with E-state index in [1.54, 1.807) is 26.1 Å².